The van der Waals surface area contributed by atoms with E-state index in [-0.39, 0.29) is 10.8 Å². The zero-order chi connectivity index (χ0) is 16.1. The number of aliphatic carboxylic acids is 1. The van der Waals surface area contributed by atoms with E-state index in [4.69, 9.17) is 0 Å². The van der Waals surface area contributed by atoms with Gasteiger partial charge in [0.2, 0.25) is 5.91 Å². The van der Waals surface area contributed by atoms with E-state index in [2.05, 4.69) is 10.3 Å². The number of hydrogen-bond acceptors (Lipinski definition) is 5. The highest BCUT2D eigenvalue weighted by Crippen LogP contribution is 2.22. The topological polar surface area (TPSA) is 82.0 Å². The fraction of sp³-hybridized carbons (Fsp3) is 0.267. The van der Waals surface area contributed by atoms with Crippen molar-refractivity contribution in [3.8, 4) is 0 Å². The third-order valence-corrected chi connectivity index (χ3v) is 3.90. The van der Waals surface area contributed by atoms with Gasteiger partial charge in [0.05, 0.1) is 6.54 Å². The molecule has 0 bridgehead atoms. The summed E-state index contributed by atoms with van der Waals surface area (Å²) in [5.74, 6) is -1.19. The number of aliphatic imine (C=N–C) groups is 1. The second-order valence-corrected chi connectivity index (χ2v) is 5.92. The molecule has 7 heteroatoms. The Hall–Kier alpha value is -2.28. The molecule has 0 atom stereocenters. The standard InChI is InChI=1S/C15H17N3O3S/c1-18(2)11-5-3-10(4-6-11)9-12(14(20)21)22-15-16-8-7-13(19)17-15/h3-6,9H,7-8H2,1-2H3,(H,20,21)(H,16,17,19)/b12-9+. The van der Waals surface area contributed by atoms with Crippen LogP contribution in [-0.4, -0.2) is 42.8 Å². The molecule has 1 aromatic carbocycles. The lowest BCUT2D eigenvalue weighted by atomic mass is 10.2. The van der Waals surface area contributed by atoms with Gasteiger partial charge in [0.1, 0.15) is 4.91 Å². The molecule has 0 saturated heterocycles. The summed E-state index contributed by atoms with van der Waals surface area (Å²) in [7, 11) is 3.88. The normalized spacial score (nSPS) is 15.1. The zero-order valence-corrected chi connectivity index (χ0v) is 13.2. The largest absolute Gasteiger partial charge is 0.477 e. The number of rotatable bonds is 4. The molecule has 1 amide bonds. The molecule has 0 aliphatic carbocycles. The summed E-state index contributed by atoms with van der Waals surface area (Å²) in [5.41, 5.74) is 1.81. The number of carbonyl (C=O) groups is 2. The molecular formula is C15H17N3O3S. The molecule has 0 fully saturated rings. The van der Waals surface area contributed by atoms with E-state index < -0.39 is 5.97 Å². The molecule has 2 rings (SSSR count). The predicted octanol–water partition coefficient (Wildman–Crippen LogP) is 1.79. The number of anilines is 1. The maximum atomic E-state index is 11.4. The molecule has 22 heavy (non-hydrogen) atoms. The van der Waals surface area contributed by atoms with E-state index in [1.807, 2.05) is 43.3 Å². The third-order valence-electron chi connectivity index (χ3n) is 2.97. The molecular weight excluding hydrogens is 302 g/mol. The Morgan fingerprint density at radius 1 is 1.36 bits per heavy atom. The van der Waals surface area contributed by atoms with Gasteiger partial charge in [-0.1, -0.05) is 12.1 Å². The number of thioether (sulfide) groups is 1. The van der Waals surface area contributed by atoms with Gasteiger partial charge in [0.15, 0.2) is 5.17 Å². The smallest absolute Gasteiger partial charge is 0.342 e. The van der Waals surface area contributed by atoms with Crippen molar-refractivity contribution < 1.29 is 14.7 Å². The highest BCUT2D eigenvalue weighted by molar-refractivity contribution is 8.18. The Labute approximate surface area is 132 Å². The molecule has 116 valence electrons. The second-order valence-electron chi connectivity index (χ2n) is 4.89. The van der Waals surface area contributed by atoms with Crippen LogP contribution in [0.2, 0.25) is 0 Å². The molecule has 1 aromatic rings. The number of carboxylic acids is 1. The molecule has 0 radical (unpaired) electrons. The lowest BCUT2D eigenvalue weighted by Crippen LogP contribution is -2.33. The number of nitrogens with one attached hydrogen (secondary N) is 1. The molecule has 1 aliphatic rings. The minimum Gasteiger partial charge on any atom is -0.477 e. The van der Waals surface area contributed by atoms with Gasteiger partial charge in [-0.05, 0) is 35.5 Å². The van der Waals surface area contributed by atoms with Crippen LogP contribution in [0.1, 0.15) is 12.0 Å². The minimum atomic E-state index is -1.05. The first-order valence-corrected chi connectivity index (χ1v) is 7.52. The van der Waals surface area contributed by atoms with E-state index >= 15 is 0 Å². The van der Waals surface area contributed by atoms with E-state index in [9.17, 15) is 14.7 Å². The molecule has 0 saturated carbocycles. The van der Waals surface area contributed by atoms with E-state index in [0.717, 1.165) is 23.0 Å². The summed E-state index contributed by atoms with van der Waals surface area (Å²) in [4.78, 5) is 28.9. The number of carbonyl (C=O) groups excluding carboxylic acids is 1. The minimum absolute atomic E-state index is 0.110. The van der Waals surface area contributed by atoms with Crippen molar-refractivity contribution >= 4 is 40.6 Å². The van der Waals surface area contributed by atoms with Gasteiger partial charge in [-0.2, -0.15) is 0 Å². The SMILES string of the molecule is CN(C)c1ccc(/C=C(/SC2=NCCC(=O)N2)C(=O)O)cc1. The highest BCUT2D eigenvalue weighted by Gasteiger charge is 2.17. The lowest BCUT2D eigenvalue weighted by Gasteiger charge is -2.13. The Bertz CT molecular complexity index is 636. The maximum Gasteiger partial charge on any atom is 0.342 e. The van der Waals surface area contributed by atoms with Crippen LogP contribution in [0.5, 0.6) is 0 Å². The summed E-state index contributed by atoms with van der Waals surface area (Å²) in [5, 5.41) is 12.2. The summed E-state index contributed by atoms with van der Waals surface area (Å²) >= 11 is 0.952. The van der Waals surface area contributed by atoms with Crippen LogP contribution in [0.25, 0.3) is 6.08 Å². The Morgan fingerprint density at radius 2 is 2.05 bits per heavy atom. The van der Waals surface area contributed by atoms with Crippen LogP contribution >= 0.6 is 11.8 Å². The van der Waals surface area contributed by atoms with Crippen LogP contribution in [0, 0.1) is 0 Å². The monoisotopic (exact) mass is 319 g/mol. The summed E-state index contributed by atoms with van der Waals surface area (Å²) < 4.78 is 0. The molecule has 6 nitrogen and oxygen atoms in total. The number of carboxylic acid groups (broad SMARTS) is 1. The summed E-state index contributed by atoms with van der Waals surface area (Å²) in [6, 6.07) is 7.52. The van der Waals surface area contributed by atoms with Crippen molar-refractivity contribution in [1.82, 2.24) is 5.32 Å². The number of nitrogens with zero attached hydrogens (tertiary/aromatic N) is 2. The fourth-order valence-corrected chi connectivity index (χ4v) is 2.61. The van der Waals surface area contributed by atoms with Gasteiger partial charge in [-0.15, -0.1) is 0 Å². The van der Waals surface area contributed by atoms with Gasteiger partial charge < -0.3 is 15.3 Å². The maximum absolute atomic E-state index is 11.4. The second kappa shape index (κ2) is 7.13. The molecule has 0 unspecified atom stereocenters. The van der Waals surface area contributed by atoms with Crippen molar-refractivity contribution in [1.29, 1.82) is 0 Å². The first-order chi connectivity index (χ1) is 10.5. The van der Waals surface area contributed by atoms with Crippen molar-refractivity contribution in [2.75, 3.05) is 25.5 Å². The molecule has 0 aromatic heterocycles. The number of amides is 1. The molecule has 2 N–H and O–H groups in total. The van der Waals surface area contributed by atoms with Gasteiger partial charge in [0, 0.05) is 26.2 Å². The first kappa shape index (κ1) is 16.1. The van der Waals surface area contributed by atoms with Crippen LogP contribution in [0.4, 0.5) is 5.69 Å². The van der Waals surface area contributed by atoms with Gasteiger partial charge in [0.25, 0.3) is 0 Å². The van der Waals surface area contributed by atoms with Crippen molar-refractivity contribution in [2.45, 2.75) is 6.42 Å². The molecule has 0 spiro atoms. The highest BCUT2D eigenvalue weighted by atomic mass is 32.2. The van der Waals surface area contributed by atoms with Crippen molar-refractivity contribution in [3.63, 3.8) is 0 Å². The zero-order valence-electron chi connectivity index (χ0n) is 12.4. The first-order valence-electron chi connectivity index (χ1n) is 6.70. The molecule has 1 heterocycles. The van der Waals surface area contributed by atoms with Gasteiger partial charge >= 0.3 is 5.97 Å². The fourth-order valence-electron chi connectivity index (χ4n) is 1.80. The average Bonchev–Trinajstić information content (AvgIpc) is 2.47. The Balaban J connectivity index is 2.18. The van der Waals surface area contributed by atoms with Gasteiger partial charge in [-0.25, -0.2) is 4.79 Å². The number of amidine groups is 1. The van der Waals surface area contributed by atoms with Crippen LogP contribution in [0.15, 0.2) is 34.2 Å². The summed E-state index contributed by atoms with van der Waals surface area (Å²) in [6.07, 6.45) is 1.90. The van der Waals surface area contributed by atoms with E-state index in [1.54, 1.807) is 6.08 Å². The third kappa shape index (κ3) is 4.36. The van der Waals surface area contributed by atoms with Crippen molar-refractivity contribution in [3.05, 3.63) is 34.7 Å². The Morgan fingerprint density at radius 3 is 2.59 bits per heavy atom. The average molecular weight is 319 g/mol. The van der Waals surface area contributed by atoms with E-state index in [1.165, 1.54) is 0 Å². The lowest BCUT2D eigenvalue weighted by molar-refractivity contribution is -0.131. The predicted molar refractivity (Wildman–Crippen MR) is 89.0 cm³/mol. The van der Waals surface area contributed by atoms with Crippen molar-refractivity contribution in [2.24, 2.45) is 4.99 Å². The number of benzene rings is 1. The molecule has 1 aliphatic heterocycles. The van der Waals surface area contributed by atoms with Crippen LogP contribution < -0.4 is 10.2 Å². The number of hydrogen-bond donors (Lipinski definition) is 2. The summed E-state index contributed by atoms with van der Waals surface area (Å²) in [6.45, 7) is 0.387. The van der Waals surface area contributed by atoms with E-state index in [0.29, 0.717) is 18.1 Å². The van der Waals surface area contributed by atoms with Gasteiger partial charge in [-0.3, -0.25) is 9.79 Å². The quantitative estimate of drug-likeness (QED) is 0.827. The Kier molecular flexibility index (Phi) is 5.21. The van der Waals surface area contributed by atoms with Crippen LogP contribution in [-0.2, 0) is 9.59 Å². The van der Waals surface area contributed by atoms with Crippen LogP contribution in [0.3, 0.4) is 0 Å².